The van der Waals surface area contributed by atoms with Crippen LogP contribution in [0.15, 0.2) is 54.7 Å². The predicted molar refractivity (Wildman–Crippen MR) is 147 cm³/mol. The van der Waals surface area contributed by atoms with Gasteiger partial charge in [-0.2, -0.15) is 9.78 Å². The third-order valence-electron chi connectivity index (χ3n) is 7.31. The fourth-order valence-corrected chi connectivity index (χ4v) is 5.27. The van der Waals surface area contributed by atoms with Crippen molar-refractivity contribution in [1.82, 2.24) is 14.3 Å². The average Bonchev–Trinajstić information content (AvgIpc) is 3.55. The maximum Gasteiger partial charge on any atom is 0.432 e. The van der Waals surface area contributed by atoms with Crippen molar-refractivity contribution in [2.24, 2.45) is 0 Å². The normalized spacial score (nSPS) is 13.0. The van der Waals surface area contributed by atoms with Gasteiger partial charge in [-0.3, -0.25) is 0 Å². The van der Waals surface area contributed by atoms with Crippen molar-refractivity contribution in [1.29, 1.82) is 0 Å². The first-order chi connectivity index (χ1) is 19.6. The lowest BCUT2D eigenvalue weighted by molar-refractivity contribution is -0.0422. The number of carbonyl (C=O) groups excluding carboxylic acids is 1. The molecule has 2 N–H and O–H groups in total. The summed E-state index contributed by atoms with van der Waals surface area (Å²) in [5.41, 5.74) is 0.290. The van der Waals surface area contributed by atoms with E-state index in [1.807, 2.05) is 0 Å². The lowest BCUT2D eigenvalue weighted by Crippen LogP contribution is -2.33. The number of esters is 1. The number of rotatable bonds is 7. The minimum absolute atomic E-state index is 0.00581. The first kappa shape index (κ1) is 27.9. The summed E-state index contributed by atoms with van der Waals surface area (Å²) in [6.45, 7) is 3.17. The van der Waals surface area contributed by atoms with Crippen LogP contribution >= 0.6 is 0 Å². The number of hydrogen-bond acceptors (Lipinski definition) is 6. The second-order valence-electron chi connectivity index (χ2n) is 9.74. The molecule has 0 saturated carbocycles. The Morgan fingerprint density at radius 2 is 1.78 bits per heavy atom. The van der Waals surface area contributed by atoms with Crippen molar-refractivity contribution < 1.29 is 38.1 Å². The number of nitrogens with zero attached hydrogens (tertiary/aromatic N) is 3. The first-order valence-corrected chi connectivity index (χ1v) is 12.7. The fourth-order valence-electron chi connectivity index (χ4n) is 5.27. The van der Waals surface area contributed by atoms with E-state index >= 15 is 4.39 Å². The number of carbonyl (C=O) groups is 2. The highest BCUT2D eigenvalue weighted by molar-refractivity contribution is 6.08. The number of fused-ring (bicyclic) bond motifs is 2. The van der Waals surface area contributed by atoms with Gasteiger partial charge in [0.2, 0.25) is 0 Å². The molecule has 0 radical (unpaired) electrons. The summed E-state index contributed by atoms with van der Waals surface area (Å²) in [6.07, 6.45) is -0.0834. The minimum atomic E-state index is -1.68. The topological polar surface area (TPSA) is 116 Å². The van der Waals surface area contributed by atoms with Crippen LogP contribution in [0, 0.1) is 18.6 Å². The maximum atomic E-state index is 16.7. The Labute approximate surface area is 233 Å². The van der Waals surface area contributed by atoms with Crippen LogP contribution in [-0.2, 0) is 15.1 Å². The average molecular weight is 564 g/mol. The third kappa shape index (κ3) is 4.43. The quantitative estimate of drug-likeness (QED) is 0.241. The SMILES string of the molecule is CC[C@@](O)(COC)c1c(-c2ccc(C(=O)OC)cc2)c2c(F)c3c(cnn3C(=O)O)cc2n1-c1ccc(F)c(C)c1. The maximum absolute atomic E-state index is 16.7. The van der Waals surface area contributed by atoms with Crippen LogP contribution in [0.1, 0.15) is 35.0 Å². The van der Waals surface area contributed by atoms with Crippen molar-refractivity contribution >= 4 is 33.9 Å². The standard InChI is InChI=1S/C30H27F2N3O6/c1-5-30(39,15-40-3)27-23(17-6-8-18(9-7-17)28(36)41-4)24-22(34(27)20-10-11-21(31)16(2)12-20)13-19-14-33-35(29(37)38)26(19)25(24)32/h6-14,39H,5,15H2,1-4H3,(H,37,38)/t30-/m1/s1. The van der Waals surface area contributed by atoms with Crippen LogP contribution < -0.4 is 0 Å². The second-order valence-corrected chi connectivity index (χ2v) is 9.74. The van der Waals surface area contributed by atoms with Crippen LogP contribution in [0.2, 0.25) is 0 Å². The number of methoxy groups -OCH3 is 2. The summed E-state index contributed by atoms with van der Waals surface area (Å²) in [4.78, 5) is 24.0. The highest BCUT2D eigenvalue weighted by Gasteiger charge is 2.38. The van der Waals surface area contributed by atoms with Crippen molar-refractivity contribution in [3.05, 3.63) is 83.2 Å². The smallest absolute Gasteiger partial charge is 0.432 e. The molecular formula is C30H27F2N3O6. The molecule has 212 valence electrons. The van der Waals surface area contributed by atoms with Gasteiger partial charge in [-0.25, -0.2) is 18.4 Å². The van der Waals surface area contributed by atoms with E-state index in [0.717, 1.165) is 0 Å². The summed E-state index contributed by atoms with van der Waals surface area (Å²) >= 11 is 0. The van der Waals surface area contributed by atoms with E-state index < -0.39 is 29.3 Å². The lowest BCUT2D eigenvalue weighted by atomic mass is 9.89. The Morgan fingerprint density at radius 3 is 2.37 bits per heavy atom. The fraction of sp³-hybridized carbons (Fsp3) is 0.233. The molecule has 0 fully saturated rings. The number of halogens is 2. The van der Waals surface area contributed by atoms with Gasteiger partial charge >= 0.3 is 12.1 Å². The zero-order valence-electron chi connectivity index (χ0n) is 22.7. The summed E-state index contributed by atoms with van der Waals surface area (Å²) in [5.74, 6) is -1.88. The highest BCUT2D eigenvalue weighted by atomic mass is 19.1. The zero-order chi connectivity index (χ0) is 29.6. The van der Waals surface area contributed by atoms with Crippen LogP contribution in [-0.4, -0.2) is 57.4 Å². The molecule has 3 aromatic carbocycles. The first-order valence-electron chi connectivity index (χ1n) is 12.7. The monoisotopic (exact) mass is 563 g/mol. The molecule has 9 nitrogen and oxygen atoms in total. The van der Waals surface area contributed by atoms with Gasteiger partial charge in [0.15, 0.2) is 5.82 Å². The van der Waals surface area contributed by atoms with Gasteiger partial charge in [0.1, 0.15) is 16.9 Å². The molecule has 5 rings (SSSR count). The Bertz CT molecular complexity index is 1830. The summed E-state index contributed by atoms with van der Waals surface area (Å²) in [5, 5.41) is 25.8. The molecule has 41 heavy (non-hydrogen) atoms. The van der Waals surface area contributed by atoms with Gasteiger partial charge in [-0.1, -0.05) is 19.1 Å². The molecule has 11 heteroatoms. The van der Waals surface area contributed by atoms with Gasteiger partial charge in [0, 0.05) is 29.1 Å². The Balaban J connectivity index is 2.02. The van der Waals surface area contributed by atoms with Gasteiger partial charge in [-0.05, 0) is 60.9 Å². The molecule has 0 aliphatic carbocycles. The van der Waals surface area contributed by atoms with E-state index in [-0.39, 0.29) is 51.7 Å². The minimum Gasteiger partial charge on any atom is -0.465 e. The zero-order valence-corrected chi connectivity index (χ0v) is 22.7. The third-order valence-corrected chi connectivity index (χ3v) is 7.31. The molecule has 0 amide bonds. The van der Waals surface area contributed by atoms with E-state index in [0.29, 0.717) is 21.5 Å². The summed E-state index contributed by atoms with van der Waals surface area (Å²) in [6, 6.07) is 12.2. The molecule has 2 heterocycles. The Hall–Kier alpha value is -4.61. The van der Waals surface area contributed by atoms with Crippen LogP contribution in [0.5, 0.6) is 0 Å². The van der Waals surface area contributed by atoms with Crippen molar-refractivity contribution in [2.45, 2.75) is 25.9 Å². The number of aryl methyl sites for hydroxylation is 1. The molecule has 0 bridgehead atoms. The van der Waals surface area contributed by atoms with Gasteiger partial charge in [-0.15, -0.1) is 0 Å². The second kappa shape index (κ2) is 10.4. The number of benzene rings is 3. The molecule has 0 spiro atoms. The molecule has 0 aliphatic rings. The number of aromatic nitrogens is 3. The summed E-state index contributed by atoms with van der Waals surface area (Å²) < 4.78 is 43.4. The Kier molecular flexibility index (Phi) is 7.10. The van der Waals surface area contributed by atoms with E-state index in [4.69, 9.17) is 9.47 Å². The highest BCUT2D eigenvalue weighted by Crippen LogP contribution is 2.46. The Morgan fingerprint density at radius 1 is 1.07 bits per heavy atom. The number of aliphatic hydroxyl groups is 1. The number of ether oxygens (including phenoxy) is 2. The van der Waals surface area contributed by atoms with E-state index in [1.165, 1.54) is 44.7 Å². The van der Waals surface area contributed by atoms with Crippen molar-refractivity contribution in [2.75, 3.05) is 20.8 Å². The van der Waals surface area contributed by atoms with Crippen molar-refractivity contribution in [3.63, 3.8) is 0 Å². The van der Waals surface area contributed by atoms with Gasteiger partial charge in [0.05, 0.1) is 36.7 Å². The molecular weight excluding hydrogens is 536 g/mol. The van der Waals surface area contributed by atoms with E-state index in [2.05, 4.69) is 5.10 Å². The molecule has 0 aliphatic heterocycles. The molecule has 2 aromatic heterocycles. The van der Waals surface area contributed by atoms with Crippen LogP contribution in [0.4, 0.5) is 13.6 Å². The van der Waals surface area contributed by atoms with E-state index in [9.17, 15) is 24.2 Å². The van der Waals surface area contributed by atoms with Gasteiger partial charge in [0.25, 0.3) is 0 Å². The van der Waals surface area contributed by atoms with Gasteiger partial charge < -0.3 is 24.3 Å². The van der Waals surface area contributed by atoms with E-state index in [1.54, 1.807) is 42.7 Å². The van der Waals surface area contributed by atoms with Crippen LogP contribution in [0.25, 0.3) is 38.6 Å². The lowest BCUT2D eigenvalue weighted by Gasteiger charge is -2.30. The molecule has 1 atom stereocenters. The van der Waals surface area contributed by atoms with Crippen molar-refractivity contribution in [3.8, 4) is 16.8 Å². The van der Waals surface area contributed by atoms with Crippen LogP contribution in [0.3, 0.4) is 0 Å². The summed E-state index contributed by atoms with van der Waals surface area (Å²) in [7, 11) is 2.68. The molecule has 5 aromatic rings. The predicted octanol–water partition coefficient (Wildman–Crippen LogP) is 5.79. The molecule has 0 unspecified atom stereocenters. The number of carboxylic acid groups (broad SMARTS) is 1. The molecule has 0 saturated heterocycles. The largest absolute Gasteiger partial charge is 0.465 e. The number of hydrogen-bond donors (Lipinski definition) is 2.